The monoisotopic (exact) mass is 471 g/mol. The van der Waals surface area contributed by atoms with Crippen molar-refractivity contribution in [3.63, 3.8) is 0 Å². The topological polar surface area (TPSA) is 47.6 Å². The first kappa shape index (κ1) is 25.2. The first-order chi connectivity index (χ1) is 16.3. The second kappa shape index (κ2) is 11.1. The van der Waals surface area contributed by atoms with Gasteiger partial charge < -0.3 is 14.5 Å². The lowest BCUT2D eigenvalue weighted by Gasteiger charge is -2.29. The summed E-state index contributed by atoms with van der Waals surface area (Å²) in [5.74, 6) is 0. The highest BCUT2D eigenvalue weighted by atomic mass is 28.4. The Balaban J connectivity index is 1.64. The van der Waals surface area contributed by atoms with E-state index in [0.29, 0.717) is 0 Å². The Hall–Kier alpha value is -3.41. The van der Waals surface area contributed by atoms with Crippen LogP contribution in [0.15, 0.2) is 104 Å². The number of hydrogen-bond acceptors (Lipinski definition) is 3. The molecule has 0 unspecified atom stereocenters. The fourth-order valence-electron chi connectivity index (χ4n) is 3.87. The maximum atomic E-state index is 12.6. The van der Waals surface area contributed by atoms with Crippen LogP contribution in [0.5, 0.6) is 0 Å². The van der Waals surface area contributed by atoms with E-state index < -0.39 is 19.9 Å². The fraction of sp³-hybridized carbons (Fsp3) is 0.207. The van der Waals surface area contributed by atoms with Gasteiger partial charge in [-0.15, -0.1) is 6.58 Å². The largest absolute Gasteiger partial charge is 0.447 e. The van der Waals surface area contributed by atoms with Gasteiger partial charge in [0.1, 0.15) is 6.61 Å². The van der Waals surface area contributed by atoms with Crippen molar-refractivity contribution in [2.45, 2.75) is 26.3 Å². The third kappa shape index (κ3) is 5.93. The number of benzene rings is 3. The van der Waals surface area contributed by atoms with Crippen LogP contribution in [-0.2, 0) is 14.7 Å². The van der Waals surface area contributed by atoms with Gasteiger partial charge in [-0.2, -0.15) is 0 Å². The maximum absolute atomic E-state index is 12.6. The number of amides is 1. The first-order valence-corrected chi connectivity index (χ1v) is 13.4. The summed E-state index contributed by atoms with van der Waals surface area (Å²) in [7, 11) is -2.67. The Morgan fingerprint density at radius 1 is 0.941 bits per heavy atom. The number of carbonyl (C=O) groups excluding carboxylic acids is 1. The SMILES string of the molecule is C=C[Si](OCCOC(=O)NC(C)(C)c1cccc(C(=C)C)c1)(c1ccccc1)c1ccccc1. The molecule has 4 nitrogen and oxygen atoms in total. The molecule has 176 valence electrons. The Morgan fingerprint density at radius 2 is 1.53 bits per heavy atom. The van der Waals surface area contributed by atoms with E-state index in [9.17, 15) is 4.79 Å². The van der Waals surface area contributed by atoms with E-state index in [2.05, 4.69) is 42.7 Å². The van der Waals surface area contributed by atoms with Gasteiger partial charge in [0.2, 0.25) is 0 Å². The molecule has 0 fully saturated rings. The molecule has 3 aromatic carbocycles. The van der Waals surface area contributed by atoms with Crippen LogP contribution in [0.3, 0.4) is 0 Å². The third-order valence-electron chi connectivity index (χ3n) is 5.83. The van der Waals surface area contributed by atoms with Crippen LogP contribution in [0.4, 0.5) is 4.79 Å². The lowest BCUT2D eigenvalue weighted by Crippen LogP contribution is -2.60. The van der Waals surface area contributed by atoms with Crippen LogP contribution >= 0.6 is 0 Å². The number of alkyl carbamates (subject to hydrolysis) is 1. The zero-order chi connectivity index (χ0) is 24.6. The Labute approximate surface area is 204 Å². The van der Waals surface area contributed by atoms with Gasteiger partial charge in [0.15, 0.2) is 0 Å². The van der Waals surface area contributed by atoms with E-state index in [0.717, 1.165) is 27.1 Å². The molecule has 0 saturated carbocycles. The van der Waals surface area contributed by atoms with Crippen LogP contribution in [-0.4, -0.2) is 27.6 Å². The van der Waals surface area contributed by atoms with Gasteiger partial charge in [0, 0.05) is 0 Å². The van der Waals surface area contributed by atoms with Crippen molar-refractivity contribution in [2.24, 2.45) is 0 Å². The Morgan fingerprint density at radius 3 is 2.06 bits per heavy atom. The average molecular weight is 472 g/mol. The van der Waals surface area contributed by atoms with Crippen LogP contribution in [0, 0.1) is 0 Å². The molecule has 0 atom stereocenters. The lowest BCUT2D eigenvalue weighted by molar-refractivity contribution is 0.116. The van der Waals surface area contributed by atoms with Gasteiger partial charge in [0.05, 0.1) is 12.1 Å². The number of allylic oxidation sites excluding steroid dienone is 1. The van der Waals surface area contributed by atoms with Crippen molar-refractivity contribution in [1.82, 2.24) is 5.32 Å². The summed E-state index contributed by atoms with van der Waals surface area (Å²) < 4.78 is 11.9. The van der Waals surface area contributed by atoms with Crippen molar-refractivity contribution in [3.8, 4) is 0 Å². The molecule has 3 rings (SSSR count). The molecule has 0 spiro atoms. The summed E-state index contributed by atoms with van der Waals surface area (Å²) in [5.41, 5.74) is 4.32. The molecule has 0 saturated heterocycles. The number of hydrogen-bond donors (Lipinski definition) is 1. The summed E-state index contributed by atoms with van der Waals surface area (Å²) >= 11 is 0. The van der Waals surface area contributed by atoms with E-state index in [4.69, 9.17) is 9.16 Å². The average Bonchev–Trinajstić information content (AvgIpc) is 2.85. The second-order valence-corrected chi connectivity index (χ2v) is 12.1. The summed E-state index contributed by atoms with van der Waals surface area (Å²) in [6.45, 7) is 14.4. The molecule has 3 aromatic rings. The van der Waals surface area contributed by atoms with Crippen LogP contribution in [0.25, 0.3) is 5.57 Å². The molecule has 0 radical (unpaired) electrons. The second-order valence-electron chi connectivity index (χ2n) is 8.77. The molecule has 0 bridgehead atoms. The predicted octanol–water partition coefficient (Wildman–Crippen LogP) is 5.18. The summed E-state index contributed by atoms with van der Waals surface area (Å²) in [5, 5.41) is 5.15. The van der Waals surface area contributed by atoms with Gasteiger partial charge >= 0.3 is 6.09 Å². The molecule has 1 amide bonds. The molecule has 34 heavy (non-hydrogen) atoms. The van der Waals surface area contributed by atoms with Crippen molar-refractivity contribution in [2.75, 3.05) is 13.2 Å². The normalized spacial score (nSPS) is 11.5. The van der Waals surface area contributed by atoms with E-state index >= 15 is 0 Å². The molecule has 0 aliphatic heterocycles. The molecule has 1 N–H and O–H groups in total. The van der Waals surface area contributed by atoms with Crippen molar-refractivity contribution in [3.05, 3.63) is 115 Å². The maximum Gasteiger partial charge on any atom is 0.407 e. The molecule has 0 aliphatic carbocycles. The zero-order valence-electron chi connectivity index (χ0n) is 20.2. The minimum absolute atomic E-state index is 0.135. The highest BCUT2D eigenvalue weighted by Crippen LogP contribution is 2.23. The highest BCUT2D eigenvalue weighted by Gasteiger charge is 2.36. The van der Waals surface area contributed by atoms with Crippen molar-refractivity contribution >= 4 is 30.4 Å². The van der Waals surface area contributed by atoms with E-state index in [-0.39, 0.29) is 13.2 Å². The Bertz CT molecular complexity index is 1090. The number of ether oxygens (including phenoxy) is 1. The molecule has 0 aromatic heterocycles. The summed E-state index contributed by atoms with van der Waals surface area (Å²) in [6, 6.07) is 28.2. The van der Waals surface area contributed by atoms with Crippen LogP contribution in [0.1, 0.15) is 31.9 Å². The number of nitrogens with one attached hydrogen (secondary N) is 1. The quantitative estimate of drug-likeness (QED) is 0.327. The van der Waals surface area contributed by atoms with Crippen LogP contribution in [0.2, 0.25) is 0 Å². The van der Waals surface area contributed by atoms with E-state index in [1.54, 1.807) is 0 Å². The van der Waals surface area contributed by atoms with E-state index in [1.807, 2.05) is 87.1 Å². The molecule has 0 heterocycles. The smallest absolute Gasteiger partial charge is 0.407 e. The van der Waals surface area contributed by atoms with Gasteiger partial charge in [0.25, 0.3) is 8.32 Å². The fourth-order valence-corrected chi connectivity index (χ4v) is 6.91. The predicted molar refractivity (Wildman–Crippen MR) is 143 cm³/mol. The third-order valence-corrected chi connectivity index (χ3v) is 9.45. The van der Waals surface area contributed by atoms with E-state index in [1.165, 1.54) is 0 Å². The molecular weight excluding hydrogens is 438 g/mol. The zero-order valence-corrected chi connectivity index (χ0v) is 21.2. The summed E-state index contributed by atoms with van der Waals surface area (Å²) in [4.78, 5) is 12.6. The van der Waals surface area contributed by atoms with Crippen LogP contribution < -0.4 is 15.7 Å². The number of rotatable bonds is 10. The molecule has 5 heteroatoms. The Kier molecular flexibility index (Phi) is 8.26. The lowest BCUT2D eigenvalue weighted by atomic mass is 9.92. The van der Waals surface area contributed by atoms with Gasteiger partial charge in [-0.05, 0) is 48.3 Å². The minimum Gasteiger partial charge on any atom is -0.447 e. The van der Waals surface area contributed by atoms with Crippen molar-refractivity contribution in [1.29, 1.82) is 0 Å². The van der Waals surface area contributed by atoms with Gasteiger partial charge in [-0.25, -0.2) is 4.79 Å². The van der Waals surface area contributed by atoms with Gasteiger partial charge in [-0.3, -0.25) is 0 Å². The molecular formula is C29H33NO3Si. The minimum atomic E-state index is -2.67. The van der Waals surface area contributed by atoms with Crippen molar-refractivity contribution < 1.29 is 14.0 Å². The first-order valence-electron chi connectivity index (χ1n) is 11.4. The summed E-state index contributed by atoms with van der Waals surface area (Å²) in [6.07, 6.45) is -0.486. The number of carbonyl (C=O) groups is 1. The van der Waals surface area contributed by atoms with Gasteiger partial charge in [-0.1, -0.05) is 96.7 Å². The molecule has 0 aliphatic rings. The standard InChI is InChI=1S/C29H33NO3Si/c1-6-34(26-16-9-7-10-17-26,27-18-11-8-12-19-27)33-21-20-32-28(31)30-29(4,5)25-15-13-14-24(22-25)23(2)3/h6-19,22H,1-2,20-21H2,3-5H3,(H,30,31). The highest BCUT2D eigenvalue weighted by molar-refractivity contribution is 7.01.